The summed E-state index contributed by atoms with van der Waals surface area (Å²) in [5.41, 5.74) is 4.61. The summed E-state index contributed by atoms with van der Waals surface area (Å²) in [5, 5.41) is 25.8. The average molecular weight is 500 g/mol. The predicted molar refractivity (Wildman–Crippen MR) is 127 cm³/mol. The number of aliphatic hydroxyl groups is 1. The molecule has 1 saturated carbocycles. The lowest BCUT2D eigenvalue weighted by Gasteiger charge is -2.25. The van der Waals surface area contributed by atoms with Crippen molar-refractivity contribution in [3.8, 4) is 6.07 Å². The molecule has 2 fully saturated rings. The molecule has 0 aromatic carbocycles. The van der Waals surface area contributed by atoms with Crippen molar-refractivity contribution in [1.82, 2.24) is 14.6 Å². The van der Waals surface area contributed by atoms with Crippen LogP contribution >= 0.6 is 0 Å². The highest BCUT2D eigenvalue weighted by molar-refractivity contribution is 5.71. The molecular weight excluding hydrogens is 466 g/mol. The van der Waals surface area contributed by atoms with Gasteiger partial charge in [0.1, 0.15) is 36.7 Å². The highest BCUT2D eigenvalue weighted by Gasteiger charge is 2.60. The molecule has 1 saturated heterocycles. The average Bonchev–Trinajstić information content (AvgIpc) is 3.39. The fraction of sp³-hybridized carbons (Fsp3) is 0.640. The number of aromatic nitrogens is 3. The maximum Gasteiger partial charge on any atom is 0.306 e. The van der Waals surface area contributed by atoms with Crippen LogP contribution in [-0.2, 0) is 29.4 Å². The van der Waals surface area contributed by atoms with Gasteiger partial charge in [-0.3, -0.25) is 9.59 Å². The Bertz CT molecular complexity index is 1140. The third kappa shape index (κ3) is 5.15. The van der Waals surface area contributed by atoms with E-state index in [2.05, 4.69) is 10.1 Å². The second-order valence-electron chi connectivity index (χ2n) is 10.1. The van der Waals surface area contributed by atoms with Crippen molar-refractivity contribution < 1.29 is 28.9 Å². The summed E-state index contributed by atoms with van der Waals surface area (Å²) in [5.74, 6) is -0.423. The molecule has 1 aliphatic heterocycles. The molecule has 2 aliphatic rings. The molecule has 2 aromatic rings. The number of ether oxygens (including phenoxy) is 3. The number of nitrogen functional groups attached to an aromatic ring is 1. The van der Waals surface area contributed by atoms with E-state index in [1.165, 1.54) is 10.8 Å². The van der Waals surface area contributed by atoms with E-state index in [0.717, 1.165) is 32.1 Å². The zero-order valence-electron chi connectivity index (χ0n) is 20.6. The van der Waals surface area contributed by atoms with Crippen LogP contribution in [-0.4, -0.2) is 56.6 Å². The van der Waals surface area contributed by atoms with Crippen LogP contribution in [0.5, 0.6) is 0 Å². The maximum atomic E-state index is 12.9. The lowest BCUT2D eigenvalue weighted by molar-refractivity contribution is -0.161. The van der Waals surface area contributed by atoms with Gasteiger partial charge in [0, 0.05) is 12.8 Å². The SMILES string of the molecule is CC(C)CC(=O)OC[C@H]1O[C@@](C#N)(c2ccc3c(N)ncnn23)[C@H](O)[C@@H]1OC(=O)CC1CCCCC1. The summed E-state index contributed by atoms with van der Waals surface area (Å²) in [6, 6.07) is 5.22. The van der Waals surface area contributed by atoms with E-state index in [1.54, 1.807) is 12.1 Å². The highest BCUT2D eigenvalue weighted by atomic mass is 16.6. The van der Waals surface area contributed by atoms with E-state index < -0.39 is 35.9 Å². The standard InChI is InChI=1S/C25H33N5O6/c1-15(2)10-20(31)34-12-18-22(35-21(32)11-16-6-4-3-5-7-16)23(33)25(13-26,36-18)19-9-8-17-24(27)28-14-29-30(17)19/h8-9,14-16,18,22-23,33H,3-7,10-12H2,1-2H3,(H2,27,28,29)/t18-,22-,23-,25+/m1/s1. The Morgan fingerprint density at radius 1 is 1.31 bits per heavy atom. The quantitative estimate of drug-likeness (QED) is 0.515. The third-order valence-corrected chi connectivity index (χ3v) is 6.89. The van der Waals surface area contributed by atoms with Crippen molar-refractivity contribution in [2.45, 2.75) is 82.7 Å². The lowest BCUT2D eigenvalue weighted by atomic mass is 9.87. The van der Waals surface area contributed by atoms with Gasteiger partial charge < -0.3 is 25.1 Å². The zero-order chi connectivity index (χ0) is 25.9. The second-order valence-corrected chi connectivity index (χ2v) is 10.1. The summed E-state index contributed by atoms with van der Waals surface area (Å²) in [6.07, 6.45) is 3.01. The van der Waals surface area contributed by atoms with Crippen LogP contribution in [0.15, 0.2) is 18.5 Å². The van der Waals surface area contributed by atoms with Gasteiger partial charge in [-0.05, 0) is 36.8 Å². The van der Waals surface area contributed by atoms with E-state index >= 15 is 0 Å². The first-order chi connectivity index (χ1) is 17.2. The maximum absolute atomic E-state index is 12.9. The number of carbonyl (C=O) groups excluding carboxylic acids is 2. The minimum atomic E-state index is -1.95. The van der Waals surface area contributed by atoms with Crippen LogP contribution < -0.4 is 5.73 Å². The molecule has 0 bridgehead atoms. The molecule has 36 heavy (non-hydrogen) atoms. The molecule has 11 nitrogen and oxygen atoms in total. The molecule has 4 rings (SSSR count). The van der Waals surface area contributed by atoms with Crippen molar-refractivity contribution >= 4 is 23.3 Å². The fourth-order valence-electron chi connectivity index (χ4n) is 5.07. The Morgan fingerprint density at radius 2 is 2.06 bits per heavy atom. The van der Waals surface area contributed by atoms with Crippen LogP contribution in [0.25, 0.3) is 5.52 Å². The number of hydrogen-bond donors (Lipinski definition) is 2. The van der Waals surface area contributed by atoms with Crippen LogP contribution in [0.1, 0.15) is 64.5 Å². The van der Waals surface area contributed by atoms with Crippen molar-refractivity contribution in [3.63, 3.8) is 0 Å². The molecule has 3 heterocycles. The van der Waals surface area contributed by atoms with Crippen LogP contribution in [0, 0.1) is 23.2 Å². The van der Waals surface area contributed by atoms with Gasteiger partial charge in [0.2, 0.25) is 5.60 Å². The topological polar surface area (TPSA) is 162 Å². The summed E-state index contributed by atoms with van der Waals surface area (Å²) >= 11 is 0. The van der Waals surface area contributed by atoms with Gasteiger partial charge in [0.25, 0.3) is 0 Å². The highest BCUT2D eigenvalue weighted by Crippen LogP contribution is 2.42. The van der Waals surface area contributed by atoms with Gasteiger partial charge in [-0.2, -0.15) is 10.4 Å². The molecule has 11 heteroatoms. The van der Waals surface area contributed by atoms with Gasteiger partial charge in [0.05, 0.1) is 5.69 Å². The molecule has 0 spiro atoms. The summed E-state index contributed by atoms with van der Waals surface area (Å²) in [4.78, 5) is 29.0. The van der Waals surface area contributed by atoms with Gasteiger partial charge in [0.15, 0.2) is 11.9 Å². The van der Waals surface area contributed by atoms with E-state index in [1.807, 2.05) is 19.9 Å². The Balaban J connectivity index is 1.61. The van der Waals surface area contributed by atoms with Crippen LogP contribution in [0.2, 0.25) is 0 Å². The minimum absolute atomic E-state index is 0.0899. The third-order valence-electron chi connectivity index (χ3n) is 6.89. The summed E-state index contributed by atoms with van der Waals surface area (Å²) in [7, 11) is 0. The number of rotatable bonds is 8. The van der Waals surface area contributed by atoms with Crippen LogP contribution in [0.4, 0.5) is 5.82 Å². The Hall–Kier alpha value is -3.23. The smallest absolute Gasteiger partial charge is 0.306 e. The minimum Gasteiger partial charge on any atom is -0.463 e. The van der Waals surface area contributed by atoms with Crippen molar-refractivity contribution in [3.05, 3.63) is 24.2 Å². The molecule has 4 atom stereocenters. The van der Waals surface area contributed by atoms with Crippen LogP contribution in [0.3, 0.4) is 0 Å². The van der Waals surface area contributed by atoms with E-state index in [0.29, 0.717) is 5.52 Å². The number of aliphatic hydroxyl groups excluding tert-OH is 1. The number of fused-ring (bicyclic) bond motifs is 1. The molecule has 1 aliphatic carbocycles. The normalized spacial score (nSPS) is 26.7. The van der Waals surface area contributed by atoms with Gasteiger partial charge in [-0.1, -0.05) is 33.1 Å². The van der Waals surface area contributed by atoms with Gasteiger partial charge in [-0.15, -0.1) is 0 Å². The predicted octanol–water partition coefficient (Wildman–Crippen LogP) is 2.26. The molecule has 0 amide bonds. The first-order valence-corrected chi connectivity index (χ1v) is 12.5. The van der Waals surface area contributed by atoms with Crippen molar-refractivity contribution in [2.75, 3.05) is 12.3 Å². The van der Waals surface area contributed by atoms with Crippen molar-refractivity contribution in [1.29, 1.82) is 5.26 Å². The number of carbonyl (C=O) groups is 2. The number of esters is 2. The summed E-state index contributed by atoms with van der Waals surface area (Å²) < 4.78 is 18.5. The lowest BCUT2D eigenvalue weighted by Crippen LogP contribution is -2.43. The number of nitrogens with zero attached hydrogens (tertiary/aromatic N) is 4. The molecule has 2 aromatic heterocycles. The van der Waals surface area contributed by atoms with E-state index in [4.69, 9.17) is 19.9 Å². The van der Waals surface area contributed by atoms with Crippen molar-refractivity contribution in [2.24, 2.45) is 11.8 Å². The number of nitrogens with two attached hydrogens (primary N) is 1. The molecule has 0 unspecified atom stereocenters. The number of hydrogen-bond acceptors (Lipinski definition) is 10. The monoisotopic (exact) mass is 499 g/mol. The Kier molecular flexibility index (Phi) is 7.76. The van der Waals surface area contributed by atoms with E-state index in [-0.39, 0.29) is 42.8 Å². The first kappa shape index (κ1) is 25.9. The zero-order valence-corrected chi connectivity index (χ0v) is 20.6. The number of nitriles is 1. The Labute approximate surface area is 209 Å². The fourth-order valence-corrected chi connectivity index (χ4v) is 5.07. The molecule has 0 radical (unpaired) electrons. The van der Waals surface area contributed by atoms with Gasteiger partial charge >= 0.3 is 11.9 Å². The summed E-state index contributed by atoms with van der Waals surface area (Å²) in [6.45, 7) is 3.49. The Morgan fingerprint density at radius 3 is 2.75 bits per heavy atom. The van der Waals surface area contributed by atoms with Gasteiger partial charge in [-0.25, -0.2) is 9.50 Å². The second kappa shape index (κ2) is 10.8. The molecule has 3 N–H and O–H groups in total. The largest absolute Gasteiger partial charge is 0.463 e. The van der Waals surface area contributed by atoms with E-state index in [9.17, 15) is 20.0 Å². The number of anilines is 1. The molecule has 194 valence electrons. The first-order valence-electron chi connectivity index (χ1n) is 12.5. The molecular formula is C25H33N5O6.